The Bertz CT molecular complexity index is 145. The summed E-state index contributed by atoms with van der Waals surface area (Å²) < 4.78 is 0. The Balaban J connectivity index is 0.000000354. The summed E-state index contributed by atoms with van der Waals surface area (Å²) in [4.78, 5) is 20.5. The van der Waals surface area contributed by atoms with Crippen molar-refractivity contribution in [1.82, 2.24) is 10.2 Å². The van der Waals surface area contributed by atoms with Gasteiger partial charge in [0.1, 0.15) is 0 Å². The van der Waals surface area contributed by atoms with Crippen molar-refractivity contribution in [2.24, 2.45) is 5.73 Å². The lowest BCUT2D eigenvalue weighted by Gasteiger charge is -2.25. The van der Waals surface area contributed by atoms with Gasteiger partial charge >= 0.3 is 6.03 Å². The first-order valence-corrected chi connectivity index (χ1v) is 3.55. The molecular formula is C6H13N3O3. The number of hydrogen-bond donors (Lipinski definition) is 3. The molecule has 0 saturated carbocycles. The van der Waals surface area contributed by atoms with E-state index in [1.54, 1.807) is 4.90 Å². The molecule has 0 aromatic heterocycles. The van der Waals surface area contributed by atoms with Gasteiger partial charge in [0, 0.05) is 26.2 Å². The molecule has 0 aromatic carbocycles. The molecule has 0 bridgehead atoms. The maximum absolute atomic E-state index is 10.5. The van der Waals surface area contributed by atoms with Gasteiger partial charge in [-0.3, -0.25) is 4.79 Å². The number of piperazine rings is 1. The summed E-state index contributed by atoms with van der Waals surface area (Å²) >= 11 is 0. The number of carbonyl (C=O) groups is 2. The first-order valence-electron chi connectivity index (χ1n) is 3.55. The highest BCUT2D eigenvalue weighted by Gasteiger charge is 2.11. The lowest BCUT2D eigenvalue weighted by Crippen LogP contribution is -2.48. The van der Waals surface area contributed by atoms with E-state index in [-0.39, 0.29) is 12.5 Å². The van der Waals surface area contributed by atoms with Crippen LogP contribution in [0.2, 0.25) is 0 Å². The predicted octanol–water partition coefficient (Wildman–Crippen LogP) is -1.33. The van der Waals surface area contributed by atoms with Crippen molar-refractivity contribution in [2.45, 2.75) is 0 Å². The number of carboxylic acid groups (broad SMARTS) is 1. The average Bonchev–Trinajstić information content (AvgIpc) is 2.07. The standard InChI is InChI=1S/C5H11N3O.CH2O2/c6-5(9)8-3-1-7-2-4-8;2-1-3/h7H,1-4H2,(H2,6,9);1H,(H,2,3). The molecule has 1 saturated heterocycles. The molecule has 0 radical (unpaired) electrons. The zero-order chi connectivity index (χ0) is 9.40. The molecule has 1 rings (SSSR count). The number of rotatable bonds is 0. The molecule has 2 amide bonds. The molecule has 0 spiro atoms. The molecule has 12 heavy (non-hydrogen) atoms. The Morgan fingerprint density at radius 1 is 1.50 bits per heavy atom. The van der Waals surface area contributed by atoms with Crippen LogP contribution in [0.25, 0.3) is 0 Å². The molecule has 6 nitrogen and oxygen atoms in total. The highest BCUT2D eigenvalue weighted by atomic mass is 16.3. The van der Waals surface area contributed by atoms with E-state index in [2.05, 4.69) is 5.32 Å². The Labute approximate surface area is 70.3 Å². The van der Waals surface area contributed by atoms with Crippen LogP contribution in [0.15, 0.2) is 0 Å². The summed E-state index contributed by atoms with van der Waals surface area (Å²) in [5, 5.41) is 10.0. The fourth-order valence-corrected chi connectivity index (χ4v) is 0.885. The minimum absolute atomic E-state index is 0.250. The number of urea groups is 1. The van der Waals surface area contributed by atoms with E-state index in [4.69, 9.17) is 15.6 Å². The zero-order valence-electron chi connectivity index (χ0n) is 6.69. The molecule has 0 unspecified atom stereocenters. The quantitative estimate of drug-likeness (QED) is 0.397. The molecule has 0 aliphatic carbocycles. The molecule has 6 heteroatoms. The van der Waals surface area contributed by atoms with Gasteiger partial charge in [0.25, 0.3) is 6.47 Å². The van der Waals surface area contributed by atoms with Crippen LogP contribution in [0.1, 0.15) is 0 Å². The van der Waals surface area contributed by atoms with Gasteiger partial charge in [0.2, 0.25) is 0 Å². The Morgan fingerprint density at radius 3 is 2.17 bits per heavy atom. The normalized spacial score (nSPS) is 15.8. The van der Waals surface area contributed by atoms with E-state index in [9.17, 15) is 4.79 Å². The highest BCUT2D eigenvalue weighted by molar-refractivity contribution is 5.72. The third-order valence-corrected chi connectivity index (χ3v) is 1.43. The van der Waals surface area contributed by atoms with Crippen LogP contribution in [0.3, 0.4) is 0 Å². The number of nitrogens with one attached hydrogen (secondary N) is 1. The van der Waals surface area contributed by atoms with Crippen LogP contribution in [0.5, 0.6) is 0 Å². The number of nitrogens with zero attached hydrogens (tertiary/aromatic N) is 1. The van der Waals surface area contributed by atoms with Crippen molar-refractivity contribution in [3.63, 3.8) is 0 Å². The molecule has 4 N–H and O–H groups in total. The third-order valence-electron chi connectivity index (χ3n) is 1.43. The van der Waals surface area contributed by atoms with Crippen molar-refractivity contribution >= 4 is 12.5 Å². The molecule has 0 atom stereocenters. The second-order valence-electron chi connectivity index (χ2n) is 2.18. The summed E-state index contributed by atoms with van der Waals surface area (Å²) in [7, 11) is 0. The second-order valence-corrected chi connectivity index (χ2v) is 2.18. The van der Waals surface area contributed by atoms with Crippen molar-refractivity contribution in [3.8, 4) is 0 Å². The maximum atomic E-state index is 10.5. The Morgan fingerprint density at radius 2 is 1.92 bits per heavy atom. The summed E-state index contributed by atoms with van der Waals surface area (Å²) in [6, 6.07) is -0.309. The van der Waals surface area contributed by atoms with Gasteiger partial charge in [-0.2, -0.15) is 0 Å². The fraction of sp³-hybridized carbons (Fsp3) is 0.667. The zero-order valence-corrected chi connectivity index (χ0v) is 6.69. The van der Waals surface area contributed by atoms with Crippen molar-refractivity contribution in [1.29, 1.82) is 0 Å². The van der Waals surface area contributed by atoms with Crippen molar-refractivity contribution in [3.05, 3.63) is 0 Å². The third kappa shape index (κ3) is 4.51. The van der Waals surface area contributed by atoms with Gasteiger partial charge in [0.05, 0.1) is 0 Å². The maximum Gasteiger partial charge on any atom is 0.314 e. The van der Waals surface area contributed by atoms with Crippen LogP contribution in [0, 0.1) is 0 Å². The van der Waals surface area contributed by atoms with Crippen LogP contribution in [-0.4, -0.2) is 48.7 Å². The lowest BCUT2D eigenvalue weighted by molar-refractivity contribution is -0.122. The molecular weight excluding hydrogens is 162 g/mol. The van der Waals surface area contributed by atoms with Crippen LogP contribution in [0.4, 0.5) is 4.79 Å². The molecule has 70 valence electrons. The van der Waals surface area contributed by atoms with Gasteiger partial charge in [0.15, 0.2) is 0 Å². The Hall–Kier alpha value is -1.30. The fourth-order valence-electron chi connectivity index (χ4n) is 0.885. The van der Waals surface area contributed by atoms with E-state index in [1.807, 2.05) is 0 Å². The van der Waals surface area contributed by atoms with Gasteiger partial charge in [-0.15, -0.1) is 0 Å². The number of primary amides is 1. The number of carbonyl (C=O) groups excluding carboxylic acids is 1. The highest BCUT2D eigenvalue weighted by Crippen LogP contribution is 1.89. The lowest BCUT2D eigenvalue weighted by atomic mass is 10.4. The van der Waals surface area contributed by atoms with Gasteiger partial charge in [-0.05, 0) is 0 Å². The largest absolute Gasteiger partial charge is 0.483 e. The number of amides is 2. The number of hydrogen-bond acceptors (Lipinski definition) is 3. The summed E-state index contributed by atoms with van der Waals surface area (Å²) in [6.45, 7) is 2.97. The smallest absolute Gasteiger partial charge is 0.314 e. The summed E-state index contributed by atoms with van der Waals surface area (Å²) in [5.74, 6) is 0. The van der Waals surface area contributed by atoms with Crippen LogP contribution < -0.4 is 11.1 Å². The molecule has 1 fully saturated rings. The van der Waals surface area contributed by atoms with Crippen LogP contribution >= 0.6 is 0 Å². The summed E-state index contributed by atoms with van der Waals surface area (Å²) in [5.41, 5.74) is 5.03. The van der Waals surface area contributed by atoms with E-state index >= 15 is 0 Å². The first kappa shape index (κ1) is 10.7. The van der Waals surface area contributed by atoms with Gasteiger partial charge in [-0.1, -0.05) is 0 Å². The van der Waals surface area contributed by atoms with Crippen molar-refractivity contribution < 1.29 is 14.7 Å². The van der Waals surface area contributed by atoms with Gasteiger partial charge in [-0.25, -0.2) is 4.79 Å². The SMILES string of the molecule is NC(=O)N1CCNCC1.O=CO. The minimum Gasteiger partial charge on any atom is -0.483 e. The Kier molecular flexibility index (Phi) is 5.72. The molecule has 1 aliphatic rings. The van der Waals surface area contributed by atoms with E-state index in [0.717, 1.165) is 26.2 Å². The van der Waals surface area contributed by atoms with E-state index in [0.29, 0.717) is 0 Å². The van der Waals surface area contributed by atoms with Crippen molar-refractivity contribution in [2.75, 3.05) is 26.2 Å². The van der Waals surface area contributed by atoms with E-state index < -0.39 is 0 Å². The topological polar surface area (TPSA) is 95.7 Å². The van der Waals surface area contributed by atoms with Crippen LogP contribution in [-0.2, 0) is 4.79 Å². The first-order chi connectivity index (χ1) is 5.72. The molecule has 1 heterocycles. The minimum atomic E-state index is -0.309. The monoisotopic (exact) mass is 175 g/mol. The average molecular weight is 175 g/mol. The molecule has 1 aliphatic heterocycles. The van der Waals surface area contributed by atoms with Gasteiger partial charge < -0.3 is 21.1 Å². The predicted molar refractivity (Wildman–Crippen MR) is 42.7 cm³/mol. The van der Waals surface area contributed by atoms with E-state index in [1.165, 1.54) is 0 Å². The molecule has 0 aromatic rings. The second kappa shape index (κ2) is 6.41. The number of nitrogens with two attached hydrogens (primary N) is 1. The summed E-state index contributed by atoms with van der Waals surface area (Å²) in [6.07, 6.45) is 0.